The van der Waals surface area contributed by atoms with Gasteiger partial charge in [0.1, 0.15) is 0 Å². The monoisotopic (exact) mass is 237 g/mol. The van der Waals surface area contributed by atoms with Crippen molar-refractivity contribution >= 4 is 10.2 Å². The minimum absolute atomic E-state index is 0.0582. The van der Waals surface area contributed by atoms with Gasteiger partial charge in [-0.05, 0) is 7.05 Å². The summed E-state index contributed by atoms with van der Waals surface area (Å²) in [6, 6.07) is 0. The lowest BCUT2D eigenvalue weighted by Gasteiger charge is -2.31. The van der Waals surface area contributed by atoms with Gasteiger partial charge in [0.2, 0.25) is 0 Å². The van der Waals surface area contributed by atoms with Gasteiger partial charge in [-0.15, -0.1) is 0 Å². The van der Waals surface area contributed by atoms with Crippen LogP contribution in [0.4, 0.5) is 0 Å². The van der Waals surface area contributed by atoms with Crippen LogP contribution in [0.25, 0.3) is 0 Å². The zero-order chi connectivity index (χ0) is 11.3. The average molecular weight is 237 g/mol. The SMILES string of the molecule is CCNS(=O)(=O)N1CCOC(CNC)C1. The van der Waals surface area contributed by atoms with Crippen LogP contribution >= 0.6 is 0 Å². The summed E-state index contributed by atoms with van der Waals surface area (Å²) in [5.74, 6) is 0. The Labute approximate surface area is 91.2 Å². The molecular formula is C8H19N3O3S. The Hall–Kier alpha value is -0.210. The molecule has 1 aliphatic heterocycles. The van der Waals surface area contributed by atoms with Crippen molar-refractivity contribution in [1.29, 1.82) is 0 Å². The largest absolute Gasteiger partial charge is 0.374 e. The van der Waals surface area contributed by atoms with E-state index in [9.17, 15) is 8.42 Å². The van der Waals surface area contributed by atoms with Gasteiger partial charge in [0.15, 0.2) is 0 Å². The summed E-state index contributed by atoms with van der Waals surface area (Å²) in [6.07, 6.45) is -0.0582. The van der Waals surface area contributed by atoms with Gasteiger partial charge in [-0.3, -0.25) is 0 Å². The number of rotatable bonds is 5. The Morgan fingerprint density at radius 3 is 2.87 bits per heavy atom. The quantitative estimate of drug-likeness (QED) is 0.627. The fraction of sp³-hybridized carbons (Fsp3) is 1.00. The molecule has 7 heteroatoms. The molecule has 0 bridgehead atoms. The first kappa shape index (κ1) is 12.9. The first-order valence-corrected chi connectivity index (χ1v) is 6.55. The second kappa shape index (κ2) is 5.76. The van der Waals surface area contributed by atoms with Gasteiger partial charge in [-0.1, -0.05) is 6.92 Å². The summed E-state index contributed by atoms with van der Waals surface area (Å²) < 4.78 is 32.7. The molecule has 0 radical (unpaired) electrons. The molecule has 2 N–H and O–H groups in total. The van der Waals surface area contributed by atoms with Crippen LogP contribution in [0.2, 0.25) is 0 Å². The maximum Gasteiger partial charge on any atom is 0.279 e. The molecular weight excluding hydrogens is 218 g/mol. The Balaban J connectivity index is 2.55. The van der Waals surface area contributed by atoms with E-state index in [2.05, 4.69) is 10.0 Å². The lowest BCUT2D eigenvalue weighted by atomic mass is 10.3. The van der Waals surface area contributed by atoms with Gasteiger partial charge in [0.25, 0.3) is 10.2 Å². The fourth-order valence-corrected chi connectivity index (χ4v) is 2.76. The molecule has 0 saturated carbocycles. The van der Waals surface area contributed by atoms with E-state index in [0.29, 0.717) is 32.8 Å². The number of hydrogen-bond donors (Lipinski definition) is 2. The normalized spacial score (nSPS) is 24.3. The van der Waals surface area contributed by atoms with E-state index in [1.165, 1.54) is 4.31 Å². The molecule has 1 aliphatic rings. The number of likely N-dealkylation sites (N-methyl/N-ethyl adjacent to an activating group) is 1. The summed E-state index contributed by atoms with van der Waals surface area (Å²) in [5.41, 5.74) is 0. The van der Waals surface area contributed by atoms with Crippen LogP contribution in [0.5, 0.6) is 0 Å². The molecule has 1 heterocycles. The standard InChI is InChI=1S/C8H19N3O3S/c1-3-10-15(12,13)11-4-5-14-8(7-11)6-9-2/h8-10H,3-7H2,1-2H3. The average Bonchev–Trinajstić information content (AvgIpc) is 2.19. The lowest BCUT2D eigenvalue weighted by Crippen LogP contribution is -2.51. The second-order valence-electron chi connectivity index (χ2n) is 3.41. The van der Waals surface area contributed by atoms with Gasteiger partial charge >= 0.3 is 0 Å². The Kier molecular flexibility index (Phi) is 4.94. The lowest BCUT2D eigenvalue weighted by molar-refractivity contribution is 0.000480. The molecule has 0 aromatic carbocycles. The number of ether oxygens (including phenoxy) is 1. The molecule has 0 aliphatic carbocycles. The first-order valence-electron chi connectivity index (χ1n) is 5.11. The molecule has 1 atom stereocenters. The maximum absolute atomic E-state index is 11.7. The Morgan fingerprint density at radius 2 is 2.27 bits per heavy atom. The highest BCUT2D eigenvalue weighted by molar-refractivity contribution is 7.87. The number of hydrogen-bond acceptors (Lipinski definition) is 4. The molecule has 6 nitrogen and oxygen atoms in total. The highest BCUT2D eigenvalue weighted by Gasteiger charge is 2.28. The van der Waals surface area contributed by atoms with Crippen molar-refractivity contribution in [3.63, 3.8) is 0 Å². The van der Waals surface area contributed by atoms with Crippen LogP contribution in [-0.4, -0.2) is 58.7 Å². The Bertz CT molecular complexity index is 279. The third-order valence-electron chi connectivity index (χ3n) is 2.20. The third kappa shape index (κ3) is 3.69. The van der Waals surface area contributed by atoms with E-state index < -0.39 is 10.2 Å². The van der Waals surface area contributed by atoms with Crippen molar-refractivity contribution in [2.24, 2.45) is 0 Å². The predicted molar refractivity (Wildman–Crippen MR) is 57.8 cm³/mol. The van der Waals surface area contributed by atoms with Gasteiger partial charge in [-0.2, -0.15) is 12.7 Å². The predicted octanol–water partition coefficient (Wildman–Crippen LogP) is -1.24. The van der Waals surface area contributed by atoms with Crippen LogP contribution in [0.3, 0.4) is 0 Å². The topological polar surface area (TPSA) is 70.7 Å². The van der Waals surface area contributed by atoms with Crippen molar-refractivity contribution in [3.8, 4) is 0 Å². The summed E-state index contributed by atoms with van der Waals surface area (Å²) in [7, 11) is -1.49. The smallest absolute Gasteiger partial charge is 0.279 e. The zero-order valence-electron chi connectivity index (χ0n) is 9.19. The van der Waals surface area contributed by atoms with Crippen LogP contribution in [-0.2, 0) is 14.9 Å². The van der Waals surface area contributed by atoms with E-state index >= 15 is 0 Å². The van der Waals surface area contributed by atoms with Crippen LogP contribution in [0.1, 0.15) is 6.92 Å². The summed E-state index contributed by atoms with van der Waals surface area (Å²) >= 11 is 0. The summed E-state index contributed by atoms with van der Waals surface area (Å²) in [5, 5.41) is 2.97. The second-order valence-corrected chi connectivity index (χ2v) is 5.17. The van der Waals surface area contributed by atoms with Crippen LogP contribution in [0.15, 0.2) is 0 Å². The van der Waals surface area contributed by atoms with Crippen molar-refractivity contribution in [2.75, 3.05) is 39.8 Å². The molecule has 1 saturated heterocycles. The minimum atomic E-state index is -3.31. The van der Waals surface area contributed by atoms with Gasteiger partial charge < -0.3 is 10.1 Å². The highest BCUT2D eigenvalue weighted by Crippen LogP contribution is 2.08. The molecule has 15 heavy (non-hydrogen) atoms. The van der Waals surface area contributed by atoms with E-state index in [4.69, 9.17) is 4.74 Å². The number of morpholine rings is 1. The molecule has 1 fully saturated rings. The van der Waals surface area contributed by atoms with E-state index in [1.807, 2.05) is 7.05 Å². The van der Waals surface area contributed by atoms with Gasteiger partial charge in [-0.25, -0.2) is 4.72 Å². The fourth-order valence-electron chi connectivity index (χ4n) is 1.54. The van der Waals surface area contributed by atoms with Crippen molar-refractivity contribution in [1.82, 2.24) is 14.3 Å². The third-order valence-corrected chi connectivity index (χ3v) is 3.86. The molecule has 0 amide bonds. The van der Waals surface area contributed by atoms with Crippen molar-refractivity contribution in [3.05, 3.63) is 0 Å². The molecule has 0 aromatic rings. The number of nitrogens with zero attached hydrogens (tertiary/aromatic N) is 1. The van der Waals surface area contributed by atoms with E-state index in [-0.39, 0.29) is 6.10 Å². The molecule has 1 unspecified atom stereocenters. The van der Waals surface area contributed by atoms with Crippen molar-refractivity contribution in [2.45, 2.75) is 13.0 Å². The molecule has 0 aromatic heterocycles. The van der Waals surface area contributed by atoms with E-state index in [1.54, 1.807) is 6.92 Å². The van der Waals surface area contributed by atoms with Gasteiger partial charge in [0.05, 0.1) is 12.7 Å². The maximum atomic E-state index is 11.7. The zero-order valence-corrected chi connectivity index (χ0v) is 10.0. The first-order chi connectivity index (χ1) is 7.10. The Morgan fingerprint density at radius 1 is 1.53 bits per heavy atom. The minimum Gasteiger partial charge on any atom is -0.374 e. The molecule has 0 spiro atoms. The van der Waals surface area contributed by atoms with Crippen LogP contribution in [0, 0.1) is 0 Å². The summed E-state index contributed by atoms with van der Waals surface area (Å²) in [6.45, 7) is 4.14. The van der Waals surface area contributed by atoms with E-state index in [0.717, 1.165) is 0 Å². The highest BCUT2D eigenvalue weighted by atomic mass is 32.2. The van der Waals surface area contributed by atoms with Crippen molar-refractivity contribution < 1.29 is 13.2 Å². The molecule has 1 rings (SSSR count). The van der Waals surface area contributed by atoms with Gasteiger partial charge in [0, 0.05) is 26.2 Å². The summed E-state index contributed by atoms with van der Waals surface area (Å²) in [4.78, 5) is 0. The number of nitrogens with one attached hydrogen (secondary N) is 2. The van der Waals surface area contributed by atoms with Crippen LogP contribution < -0.4 is 10.0 Å². The molecule has 90 valence electrons.